The number of aliphatic hydroxyl groups is 1. The van der Waals surface area contributed by atoms with Gasteiger partial charge in [-0.15, -0.1) is 0 Å². The maximum Gasteiger partial charge on any atom is 0.414 e. The van der Waals surface area contributed by atoms with Crippen LogP contribution in [0.15, 0.2) is 11.8 Å². The van der Waals surface area contributed by atoms with Crippen LogP contribution in [0.3, 0.4) is 0 Å². The van der Waals surface area contributed by atoms with Crippen LogP contribution in [0, 0.1) is 0 Å². The molecule has 6 nitrogen and oxygen atoms in total. The van der Waals surface area contributed by atoms with Crippen molar-refractivity contribution in [3.05, 3.63) is 11.8 Å². The highest BCUT2D eigenvalue weighted by Crippen LogP contribution is 2.17. The topological polar surface area (TPSA) is 76.1 Å². The van der Waals surface area contributed by atoms with Crippen molar-refractivity contribution >= 4 is 12.1 Å². The molecular weight excluding hydrogens is 202 g/mol. The van der Waals surface area contributed by atoms with Gasteiger partial charge in [0.1, 0.15) is 5.70 Å². The maximum absolute atomic E-state index is 11.3. The van der Waals surface area contributed by atoms with Crippen LogP contribution in [0.1, 0.15) is 6.42 Å². The van der Waals surface area contributed by atoms with Crippen molar-refractivity contribution in [2.75, 3.05) is 20.8 Å². The number of rotatable bonds is 1. The Bertz CT molecular complexity index is 299. The first-order valence-electron chi connectivity index (χ1n) is 4.43. The lowest BCUT2D eigenvalue weighted by molar-refractivity contribution is -0.138. The Hall–Kier alpha value is -1.56. The number of hydrogen-bond acceptors (Lipinski definition) is 5. The molecule has 15 heavy (non-hydrogen) atoms. The van der Waals surface area contributed by atoms with Gasteiger partial charge in [0.25, 0.3) is 0 Å². The standard InChI is InChI=1S/C9H13NO5/c1-14-8(12)7-5-6(11)3-4-10(7)9(13)15-2/h5-6,11H,3-4H2,1-2H3/t6-/m0/s1. The Morgan fingerprint density at radius 2 is 2.13 bits per heavy atom. The first-order valence-corrected chi connectivity index (χ1v) is 4.43. The third-order valence-electron chi connectivity index (χ3n) is 2.08. The normalized spacial score (nSPS) is 20.6. The van der Waals surface area contributed by atoms with Gasteiger partial charge in [-0.25, -0.2) is 9.59 Å². The first kappa shape index (κ1) is 11.5. The summed E-state index contributed by atoms with van der Waals surface area (Å²) in [5.41, 5.74) is 0.0168. The highest BCUT2D eigenvalue weighted by atomic mass is 16.5. The predicted molar refractivity (Wildman–Crippen MR) is 49.8 cm³/mol. The summed E-state index contributed by atoms with van der Waals surface area (Å²) in [6, 6.07) is 0. The summed E-state index contributed by atoms with van der Waals surface area (Å²) in [4.78, 5) is 23.7. The third-order valence-corrected chi connectivity index (χ3v) is 2.08. The van der Waals surface area contributed by atoms with Gasteiger partial charge in [0.05, 0.1) is 20.3 Å². The second-order valence-corrected chi connectivity index (χ2v) is 3.02. The third kappa shape index (κ3) is 2.47. The number of amides is 1. The molecule has 0 saturated carbocycles. The molecule has 0 radical (unpaired) electrons. The molecule has 1 aliphatic rings. The molecule has 0 aromatic heterocycles. The van der Waals surface area contributed by atoms with Gasteiger partial charge in [0, 0.05) is 6.54 Å². The molecule has 1 N–H and O–H groups in total. The molecule has 0 unspecified atom stereocenters. The smallest absolute Gasteiger partial charge is 0.414 e. The molecule has 0 aromatic carbocycles. The Kier molecular flexibility index (Phi) is 3.68. The summed E-state index contributed by atoms with van der Waals surface area (Å²) in [7, 11) is 2.43. The molecular formula is C9H13NO5. The zero-order valence-corrected chi connectivity index (χ0v) is 8.60. The Labute approximate surface area is 87.1 Å². The van der Waals surface area contributed by atoms with E-state index in [-0.39, 0.29) is 12.2 Å². The molecule has 1 atom stereocenters. The number of ether oxygens (including phenoxy) is 2. The van der Waals surface area contributed by atoms with Crippen LogP contribution in [0.25, 0.3) is 0 Å². The summed E-state index contributed by atoms with van der Waals surface area (Å²) in [6.45, 7) is 0.231. The number of nitrogens with zero attached hydrogens (tertiary/aromatic N) is 1. The van der Waals surface area contributed by atoms with Gasteiger partial charge >= 0.3 is 12.1 Å². The summed E-state index contributed by atoms with van der Waals surface area (Å²) in [5, 5.41) is 9.33. The fraction of sp³-hybridized carbons (Fsp3) is 0.556. The van der Waals surface area contributed by atoms with E-state index in [2.05, 4.69) is 9.47 Å². The van der Waals surface area contributed by atoms with Crippen LogP contribution >= 0.6 is 0 Å². The number of carbonyl (C=O) groups is 2. The summed E-state index contributed by atoms with van der Waals surface area (Å²) < 4.78 is 9.00. The van der Waals surface area contributed by atoms with Crippen LogP contribution in [0.4, 0.5) is 4.79 Å². The average molecular weight is 215 g/mol. The lowest BCUT2D eigenvalue weighted by Gasteiger charge is -2.27. The molecule has 84 valence electrons. The molecule has 1 aliphatic heterocycles. The monoisotopic (exact) mass is 215 g/mol. The molecule has 6 heteroatoms. The van der Waals surface area contributed by atoms with Gasteiger partial charge in [-0.1, -0.05) is 0 Å². The van der Waals surface area contributed by atoms with Gasteiger partial charge in [0.2, 0.25) is 0 Å². The highest BCUT2D eigenvalue weighted by molar-refractivity contribution is 5.92. The van der Waals surface area contributed by atoms with Crippen molar-refractivity contribution in [1.29, 1.82) is 0 Å². The number of esters is 1. The first-order chi connectivity index (χ1) is 7.10. The molecule has 0 saturated heterocycles. The molecule has 1 amide bonds. The van der Waals surface area contributed by atoms with Gasteiger partial charge in [-0.05, 0) is 12.5 Å². The Morgan fingerprint density at radius 3 is 2.67 bits per heavy atom. The van der Waals surface area contributed by atoms with Gasteiger partial charge in [-0.3, -0.25) is 4.90 Å². The van der Waals surface area contributed by atoms with Crippen molar-refractivity contribution in [2.45, 2.75) is 12.5 Å². The maximum atomic E-state index is 11.3. The largest absolute Gasteiger partial charge is 0.464 e. The van der Waals surface area contributed by atoms with Crippen LogP contribution in [0.5, 0.6) is 0 Å². The molecule has 0 spiro atoms. The Morgan fingerprint density at radius 1 is 1.47 bits per heavy atom. The van der Waals surface area contributed by atoms with E-state index in [1.54, 1.807) is 0 Å². The van der Waals surface area contributed by atoms with Crippen molar-refractivity contribution in [1.82, 2.24) is 4.90 Å². The lowest BCUT2D eigenvalue weighted by atomic mass is 10.1. The van der Waals surface area contributed by atoms with Gasteiger partial charge in [-0.2, -0.15) is 0 Å². The van der Waals surface area contributed by atoms with E-state index in [0.29, 0.717) is 6.42 Å². The van der Waals surface area contributed by atoms with Gasteiger partial charge in [0.15, 0.2) is 0 Å². The number of hydrogen-bond donors (Lipinski definition) is 1. The number of aliphatic hydroxyl groups excluding tert-OH is 1. The Balaban J connectivity index is 2.92. The summed E-state index contributed by atoms with van der Waals surface area (Å²) in [5.74, 6) is -0.667. The predicted octanol–water partition coefficient (Wildman–Crippen LogP) is -0.124. The van der Waals surface area contributed by atoms with E-state index in [1.807, 2.05) is 0 Å². The SMILES string of the molecule is COC(=O)C1=C[C@@H](O)CCN1C(=O)OC. The van der Waals surface area contributed by atoms with Gasteiger partial charge < -0.3 is 14.6 Å². The van der Waals surface area contributed by atoms with E-state index >= 15 is 0 Å². The van der Waals surface area contributed by atoms with Crippen molar-refractivity contribution in [2.24, 2.45) is 0 Å². The van der Waals surface area contributed by atoms with Crippen LogP contribution in [-0.2, 0) is 14.3 Å². The van der Waals surface area contributed by atoms with E-state index in [4.69, 9.17) is 0 Å². The van der Waals surface area contributed by atoms with Crippen LogP contribution in [-0.4, -0.2) is 48.9 Å². The van der Waals surface area contributed by atoms with Crippen LogP contribution in [0.2, 0.25) is 0 Å². The fourth-order valence-corrected chi connectivity index (χ4v) is 1.32. The molecule has 0 aliphatic carbocycles. The second kappa shape index (κ2) is 4.79. The van der Waals surface area contributed by atoms with E-state index in [9.17, 15) is 14.7 Å². The lowest BCUT2D eigenvalue weighted by Crippen LogP contribution is -2.39. The highest BCUT2D eigenvalue weighted by Gasteiger charge is 2.29. The second-order valence-electron chi connectivity index (χ2n) is 3.02. The summed E-state index contributed by atoms with van der Waals surface area (Å²) in [6.07, 6.45) is 0.278. The van der Waals surface area contributed by atoms with E-state index in [1.165, 1.54) is 20.3 Å². The van der Waals surface area contributed by atoms with E-state index in [0.717, 1.165) is 4.90 Å². The zero-order valence-electron chi connectivity index (χ0n) is 8.60. The molecule has 0 aromatic rings. The van der Waals surface area contributed by atoms with Crippen LogP contribution < -0.4 is 0 Å². The molecule has 0 fully saturated rings. The van der Waals surface area contributed by atoms with E-state index < -0.39 is 18.2 Å². The van der Waals surface area contributed by atoms with Crippen molar-refractivity contribution in [3.8, 4) is 0 Å². The molecule has 0 bridgehead atoms. The molecule has 1 rings (SSSR count). The minimum Gasteiger partial charge on any atom is -0.464 e. The fourth-order valence-electron chi connectivity index (χ4n) is 1.32. The zero-order chi connectivity index (χ0) is 11.4. The summed E-state index contributed by atoms with van der Waals surface area (Å²) >= 11 is 0. The minimum atomic E-state index is -0.736. The average Bonchev–Trinajstić information content (AvgIpc) is 2.26. The van der Waals surface area contributed by atoms with Crippen molar-refractivity contribution in [3.63, 3.8) is 0 Å². The number of carbonyl (C=O) groups excluding carboxylic acids is 2. The van der Waals surface area contributed by atoms with Crippen molar-refractivity contribution < 1.29 is 24.2 Å². The number of methoxy groups -OCH3 is 2. The quantitative estimate of drug-likeness (QED) is 0.617. The minimum absolute atomic E-state index is 0.0168. The molecule has 1 heterocycles.